The van der Waals surface area contributed by atoms with Crippen LogP contribution in [0.15, 0.2) is 77.4 Å². The van der Waals surface area contributed by atoms with Gasteiger partial charge in [0, 0.05) is 12.1 Å². The molecule has 0 saturated heterocycles. The Morgan fingerprint density at radius 3 is 2.60 bits per heavy atom. The van der Waals surface area contributed by atoms with Gasteiger partial charge in [0.15, 0.2) is 0 Å². The maximum absolute atomic E-state index is 13.5. The van der Waals surface area contributed by atoms with Crippen LogP contribution in [0.5, 0.6) is 5.75 Å². The van der Waals surface area contributed by atoms with Gasteiger partial charge in [-0.3, -0.25) is 4.31 Å². The average Bonchev–Trinajstić information content (AvgIpc) is 2.95. The van der Waals surface area contributed by atoms with Crippen molar-refractivity contribution >= 4 is 10.0 Å². The first-order chi connectivity index (χ1) is 14.5. The van der Waals surface area contributed by atoms with E-state index >= 15 is 0 Å². The van der Waals surface area contributed by atoms with Crippen molar-refractivity contribution in [1.29, 1.82) is 0 Å². The van der Waals surface area contributed by atoms with Crippen LogP contribution in [0.3, 0.4) is 0 Å². The zero-order valence-electron chi connectivity index (χ0n) is 17.5. The number of ether oxygens (including phenoxy) is 1. The Morgan fingerprint density at radius 2 is 1.90 bits per heavy atom. The van der Waals surface area contributed by atoms with Gasteiger partial charge in [0.25, 0.3) is 10.0 Å². The molecule has 1 aliphatic heterocycles. The fourth-order valence-electron chi connectivity index (χ4n) is 3.43. The van der Waals surface area contributed by atoms with Gasteiger partial charge in [0.2, 0.25) is 0 Å². The fourth-order valence-corrected chi connectivity index (χ4v) is 4.95. The van der Waals surface area contributed by atoms with E-state index in [1.54, 1.807) is 19.2 Å². The van der Waals surface area contributed by atoms with Gasteiger partial charge in [-0.2, -0.15) is 0 Å². The van der Waals surface area contributed by atoms with E-state index in [0.717, 1.165) is 36.0 Å². The van der Waals surface area contributed by atoms with Crippen molar-refractivity contribution in [2.24, 2.45) is 0 Å². The molecule has 2 aromatic carbocycles. The summed E-state index contributed by atoms with van der Waals surface area (Å²) in [5.74, 6) is 7.03. The molecule has 1 aliphatic rings. The number of methoxy groups -OCH3 is 1. The summed E-state index contributed by atoms with van der Waals surface area (Å²) in [5.41, 5.74) is 3.37. The minimum Gasteiger partial charge on any atom is -0.497 e. The number of benzene rings is 2. The highest BCUT2D eigenvalue weighted by Crippen LogP contribution is 2.29. The third-order valence-electron chi connectivity index (χ3n) is 5.07. The molecule has 156 valence electrons. The lowest BCUT2D eigenvalue weighted by molar-refractivity contribution is 0.414. The van der Waals surface area contributed by atoms with Crippen LogP contribution in [-0.4, -0.2) is 26.4 Å². The molecule has 1 heterocycles. The summed E-state index contributed by atoms with van der Waals surface area (Å²) in [7, 11) is -2.10. The lowest BCUT2D eigenvalue weighted by atomic mass is 10.0. The number of allylic oxidation sites excluding steroid dienone is 3. The SMILES string of the molecule is C=CCC1=C(C#Cc2cccc(OC)c2)N(S(=O)(=O)c2ccc(C)cc2)CCCC1. The Balaban J connectivity index is 2.10. The molecule has 0 bridgehead atoms. The molecule has 0 aromatic heterocycles. The fraction of sp³-hybridized carbons (Fsp3) is 0.280. The van der Waals surface area contributed by atoms with Crippen molar-refractivity contribution in [2.75, 3.05) is 13.7 Å². The van der Waals surface area contributed by atoms with Crippen LogP contribution < -0.4 is 4.74 Å². The highest BCUT2D eigenvalue weighted by atomic mass is 32.2. The summed E-state index contributed by atoms with van der Waals surface area (Å²) in [6.45, 7) is 6.20. The zero-order chi connectivity index (χ0) is 21.6. The number of nitrogens with zero attached hydrogens (tertiary/aromatic N) is 1. The molecular formula is C25H27NO3S. The van der Waals surface area contributed by atoms with Crippen LogP contribution in [0.4, 0.5) is 0 Å². The van der Waals surface area contributed by atoms with Crippen molar-refractivity contribution in [3.05, 3.63) is 83.6 Å². The number of hydrogen-bond donors (Lipinski definition) is 0. The van der Waals surface area contributed by atoms with E-state index < -0.39 is 10.0 Å². The van der Waals surface area contributed by atoms with Crippen LogP contribution >= 0.6 is 0 Å². The van der Waals surface area contributed by atoms with Gasteiger partial charge in [0.1, 0.15) is 11.4 Å². The molecule has 0 saturated carbocycles. The van der Waals surface area contributed by atoms with Crippen LogP contribution in [0, 0.1) is 18.8 Å². The Morgan fingerprint density at radius 1 is 1.13 bits per heavy atom. The van der Waals surface area contributed by atoms with Crippen molar-refractivity contribution < 1.29 is 13.2 Å². The van der Waals surface area contributed by atoms with Crippen molar-refractivity contribution in [2.45, 2.75) is 37.5 Å². The van der Waals surface area contributed by atoms with Crippen molar-refractivity contribution in [3.8, 4) is 17.6 Å². The van der Waals surface area contributed by atoms with E-state index in [0.29, 0.717) is 24.4 Å². The number of rotatable bonds is 5. The van der Waals surface area contributed by atoms with Crippen molar-refractivity contribution in [1.82, 2.24) is 4.31 Å². The highest BCUT2D eigenvalue weighted by Gasteiger charge is 2.29. The third kappa shape index (κ3) is 4.95. The second-order valence-corrected chi connectivity index (χ2v) is 9.14. The molecule has 0 atom stereocenters. The summed E-state index contributed by atoms with van der Waals surface area (Å²) >= 11 is 0. The minimum absolute atomic E-state index is 0.286. The topological polar surface area (TPSA) is 46.6 Å². The second-order valence-electron chi connectivity index (χ2n) is 7.27. The van der Waals surface area contributed by atoms with E-state index in [-0.39, 0.29) is 4.90 Å². The van der Waals surface area contributed by atoms with Gasteiger partial charge >= 0.3 is 0 Å². The molecule has 3 rings (SSSR count). The van der Waals surface area contributed by atoms with Crippen LogP contribution in [0.1, 0.15) is 36.8 Å². The molecule has 5 heteroatoms. The van der Waals surface area contributed by atoms with Gasteiger partial charge in [0.05, 0.1) is 12.0 Å². The monoisotopic (exact) mass is 421 g/mol. The van der Waals surface area contributed by atoms with Gasteiger partial charge in [-0.05, 0) is 74.4 Å². The van der Waals surface area contributed by atoms with Gasteiger partial charge in [-0.25, -0.2) is 8.42 Å². The molecule has 2 aromatic rings. The second kappa shape index (κ2) is 9.69. The zero-order valence-corrected chi connectivity index (χ0v) is 18.3. The minimum atomic E-state index is -3.71. The average molecular weight is 422 g/mol. The molecule has 0 radical (unpaired) electrons. The Hall–Kier alpha value is -2.97. The Labute approximate surface area is 179 Å². The summed E-state index contributed by atoms with van der Waals surface area (Å²) < 4.78 is 33.8. The Kier molecular flexibility index (Phi) is 7.02. The molecule has 30 heavy (non-hydrogen) atoms. The number of sulfonamides is 1. The highest BCUT2D eigenvalue weighted by molar-refractivity contribution is 7.89. The van der Waals surface area contributed by atoms with Gasteiger partial charge in [-0.1, -0.05) is 35.8 Å². The molecule has 0 aliphatic carbocycles. The molecule has 0 unspecified atom stereocenters. The van der Waals surface area contributed by atoms with E-state index in [4.69, 9.17) is 4.74 Å². The summed E-state index contributed by atoms with van der Waals surface area (Å²) in [6, 6.07) is 14.4. The Bertz CT molecular complexity index is 1100. The van der Waals surface area contributed by atoms with E-state index in [1.807, 2.05) is 49.4 Å². The van der Waals surface area contributed by atoms with E-state index in [1.165, 1.54) is 4.31 Å². The maximum atomic E-state index is 13.5. The van der Waals surface area contributed by atoms with Crippen LogP contribution in [-0.2, 0) is 10.0 Å². The van der Waals surface area contributed by atoms with Crippen LogP contribution in [0.2, 0.25) is 0 Å². The number of hydrogen-bond acceptors (Lipinski definition) is 3. The van der Waals surface area contributed by atoms with Crippen molar-refractivity contribution in [3.63, 3.8) is 0 Å². The number of aryl methyl sites for hydroxylation is 1. The van der Waals surface area contributed by atoms with E-state index in [9.17, 15) is 8.42 Å². The molecule has 0 spiro atoms. The summed E-state index contributed by atoms with van der Waals surface area (Å²) in [5, 5.41) is 0. The largest absolute Gasteiger partial charge is 0.497 e. The smallest absolute Gasteiger partial charge is 0.264 e. The standard InChI is InChI=1S/C25H27NO3S/c1-4-8-22-10-5-6-18-26(30(27,28)24-15-12-20(2)13-16-24)25(22)17-14-21-9-7-11-23(19-21)29-3/h4,7,9,11-13,15-16,19H,1,5-6,8,10,18H2,2-3H3. The molecule has 4 nitrogen and oxygen atoms in total. The predicted molar refractivity (Wildman–Crippen MR) is 121 cm³/mol. The van der Waals surface area contributed by atoms with Crippen LogP contribution in [0.25, 0.3) is 0 Å². The molecule has 0 N–H and O–H groups in total. The first-order valence-corrected chi connectivity index (χ1v) is 11.5. The quantitative estimate of drug-likeness (QED) is 0.501. The summed E-state index contributed by atoms with van der Waals surface area (Å²) in [6.07, 6.45) is 4.95. The van der Waals surface area contributed by atoms with E-state index in [2.05, 4.69) is 18.4 Å². The lowest BCUT2D eigenvalue weighted by Gasteiger charge is -2.24. The maximum Gasteiger partial charge on any atom is 0.264 e. The summed E-state index contributed by atoms with van der Waals surface area (Å²) in [4.78, 5) is 0.286. The first-order valence-electron chi connectivity index (χ1n) is 10.0. The lowest BCUT2D eigenvalue weighted by Crippen LogP contribution is -2.31. The molecule has 0 amide bonds. The molecule has 0 fully saturated rings. The van der Waals surface area contributed by atoms with Gasteiger partial charge in [-0.15, -0.1) is 6.58 Å². The van der Waals surface area contributed by atoms with Gasteiger partial charge < -0.3 is 4.74 Å². The third-order valence-corrected chi connectivity index (χ3v) is 6.88. The normalized spacial score (nSPS) is 14.5. The predicted octanol–water partition coefficient (Wildman–Crippen LogP) is 5.06. The molecular weight excluding hydrogens is 394 g/mol. The first kappa shape index (κ1) is 21.7.